The van der Waals surface area contributed by atoms with Crippen molar-refractivity contribution in [2.24, 2.45) is 11.3 Å². The molecule has 3 nitrogen and oxygen atoms in total. The average Bonchev–Trinajstić information content (AvgIpc) is 3.29. The van der Waals surface area contributed by atoms with E-state index in [1.54, 1.807) is 5.57 Å². The van der Waals surface area contributed by atoms with E-state index in [0.29, 0.717) is 5.41 Å². The molecule has 3 rings (SSSR count). The third-order valence-corrected chi connectivity index (χ3v) is 21.5. The first-order chi connectivity index (χ1) is 20.1. The molecule has 0 unspecified atom stereocenters. The molecule has 254 valence electrons. The topological polar surface area (TPSA) is 38.7 Å². The molecule has 0 saturated heterocycles. The molecule has 5 heteroatoms. The molecule has 0 aromatic rings. The van der Waals surface area contributed by atoms with Crippen LogP contribution in [-0.2, 0) is 8.85 Å². The highest BCUT2D eigenvalue weighted by molar-refractivity contribution is 6.74. The summed E-state index contributed by atoms with van der Waals surface area (Å²) in [5.41, 5.74) is 4.25. The van der Waals surface area contributed by atoms with Gasteiger partial charge in [0.2, 0.25) is 0 Å². The first kappa shape index (κ1) is 38.0. The summed E-state index contributed by atoms with van der Waals surface area (Å²) in [6, 6.07) is 0. The van der Waals surface area contributed by atoms with E-state index in [-0.39, 0.29) is 22.3 Å². The van der Waals surface area contributed by atoms with Crippen molar-refractivity contribution < 1.29 is 14.0 Å². The van der Waals surface area contributed by atoms with Crippen molar-refractivity contribution in [3.05, 3.63) is 35.5 Å². The van der Waals surface area contributed by atoms with Crippen LogP contribution in [0.2, 0.25) is 36.3 Å². The molecule has 0 spiro atoms. The fourth-order valence-corrected chi connectivity index (χ4v) is 10.3. The van der Waals surface area contributed by atoms with Gasteiger partial charge in [0.25, 0.3) is 0 Å². The van der Waals surface area contributed by atoms with Crippen molar-refractivity contribution in [2.45, 2.75) is 199 Å². The Morgan fingerprint density at radius 1 is 0.841 bits per heavy atom. The summed E-state index contributed by atoms with van der Waals surface area (Å²) in [7, 11) is -3.87. The minimum absolute atomic E-state index is 0.0393. The molecule has 3 aliphatic carbocycles. The van der Waals surface area contributed by atoms with Gasteiger partial charge in [-0.05, 0) is 124 Å². The Labute approximate surface area is 276 Å². The maximum Gasteiger partial charge on any atom is 0.192 e. The molecule has 1 N–H and O–H groups in total. The summed E-state index contributed by atoms with van der Waals surface area (Å²) >= 11 is 0. The monoisotopic (exact) mass is 645 g/mol. The zero-order valence-electron chi connectivity index (χ0n) is 31.3. The van der Waals surface area contributed by atoms with E-state index >= 15 is 0 Å². The second-order valence-electron chi connectivity index (χ2n) is 18.7. The maximum absolute atomic E-state index is 10.1. The van der Waals surface area contributed by atoms with Gasteiger partial charge >= 0.3 is 0 Å². The average molecular weight is 645 g/mol. The molecule has 0 bridgehead atoms. The SMILES string of the molecule is C=C1/C(=C\C=C2/CCC[C@]3(CCCCCCC(C)(C)O)CCC[C@@H]23)C[C@@H](O[Si](C)(C)C(C)(C)C)C[C@@H]1O[Si](C)(C)C(C)(C)C. The summed E-state index contributed by atoms with van der Waals surface area (Å²) in [5, 5.41) is 10.4. The quantitative estimate of drug-likeness (QED) is 0.170. The number of rotatable bonds is 12. The van der Waals surface area contributed by atoms with Gasteiger partial charge in [-0.2, -0.15) is 0 Å². The maximum atomic E-state index is 10.1. The van der Waals surface area contributed by atoms with E-state index in [1.165, 1.54) is 75.4 Å². The Balaban J connectivity index is 1.80. The van der Waals surface area contributed by atoms with Crippen molar-refractivity contribution in [1.29, 1.82) is 0 Å². The predicted molar refractivity (Wildman–Crippen MR) is 196 cm³/mol. The van der Waals surface area contributed by atoms with Crippen LogP contribution >= 0.6 is 0 Å². The van der Waals surface area contributed by atoms with Gasteiger partial charge in [-0.25, -0.2) is 0 Å². The van der Waals surface area contributed by atoms with Gasteiger partial charge in [0.1, 0.15) is 0 Å². The zero-order valence-corrected chi connectivity index (χ0v) is 33.3. The van der Waals surface area contributed by atoms with Crippen LogP contribution in [-0.4, -0.2) is 39.6 Å². The highest BCUT2D eigenvalue weighted by atomic mass is 28.4. The Morgan fingerprint density at radius 2 is 1.43 bits per heavy atom. The van der Waals surface area contributed by atoms with E-state index < -0.39 is 22.2 Å². The Hall–Kier alpha value is -0.466. The molecule has 3 saturated carbocycles. The minimum Gasteiger partial charge on any atom is -0.413 e. The first-order valence-corrected chi connectivity index (χ1v) is 24.1. The molecule has 44 heavy (non-hydrogen) atoms. The number of allylic oxidation sites excluding steroid dienone is 3. The molecule has 0 amide bonds. The second-order valence-corrected chi connectivity index (χ2v) is 28.2. The third-order valence-electron chi connectivity index (χ3n) is 12.4. The van der Waals surface area contributed by atoms with Crippen molar-refractivity contribution in [3.63, 3.8) is 0 Å². The number of unbranched alkanes of at least 4 members (excludes halogenated alkanes) is 3. The molecule has 0 heterocycles. The van der Waals surface area contributed by atoms with E-state index in [1.807, 2.05) is 13.8 Å². The molecule has 3 fully saturated rings. The van der Waals surface area contributed by atoms with Crippen LogP contribution in [0.3, 0.4) is 0 Å². The van der Waals surface area contributed by atoms with Crippen LogP contribution in [0.25, 0.3) is 0 Å². The van der Waals surface area contributed by atoms with Gasteiger partial charge in [-0.15, -0.1) is 0 Å². The molecule has 0 aromatic heterocycles. The van der Waals surface area contributed by atoms with Gasteiger partial charge in [0.15, 0.2) is 16.6 Å². The first-order valence-electron chi connectivity index (χ1n) is 18.2. The highest BCUT2D eigenvalue weighted by Crippen LogP contribution is 2.57. The molecular formula is C39H72O3Si2. The summed E-state index contributed by atoms with van der Waals surface area (Å²) in [6.45, 7) is 32.1. The Bertz CT molecular complexity index is 1030. The van der Waals surface area contributed by atoms with Crippen LogP contribution in [0, 0.1) is 11.3 Å². The lowest BCUT2D eigenvalue weighted by Gasteiger charge is -2.45. The van der Waals surface area contributed by atoms with Crippen molar-refractivity contribution in [1.82, 2.24) is 0 Å². The molecule has 3 aliphatic rings. The number of hydrogen-bond donors (Lipinski definition) is 1. The lowest BCUT2D eigenvalue weighted by molar-refractivity contribution is 0.0677. The van der Waals surface area contributed by atoms with Crippen molar-refractivity contribution >= 4 is 16.6 Å². The smallest absolute Gasteiger partial charge is 0.192 e. The van der Waals surface area contributed by atoms with Crippen LogP contribution in [0.5, 0.6) is 0 Å². The largest absolute Gasteiger partial charge is 0.413 e. The van der Waals surface area contributed by atoms with Crippen LogP contribution in [0.4, 0.5) is 0 Å². The lowest BCUT2D eigenvalue weighted by Crippen LogP contribution is -2.49. The highest BCUT2D eigenvalue weighted by Gasteiger charge is 2.46. The van der Waals surface area contributed by atoms with Gasteiger partial charge < -0.3 is 14.0 Å². The molecule has 0 aliphatic heterocycles. The van der Waals surface area contributed by atoms with E-state index in [2.05, 4.69) is 86.5 Å². The van der Waals surface area contributed by atoms with Gasteiger partial charge in [0.05, 0.1) is 17.8 Å². The Morgan fingerprint density at radius 3 is 2.05 bits per heavy atom. The lowest BCUT2D eigenvalue weighted by atomic mass is 9.63. The number of aliphatic hydroxyl groups is 1. The van der Waals surface area contributed by atoms with E-state index in [4.69, 9.17) is 8.85 Å². The van der Waals surface area contributed by atoms with Crippen LogP contribution in [0.1, 0.15) is 145 Å². The van der Waals surface area contributed by atoms with Gasteiger partial charge in [-0.1, -0.05) is 98.0 Å². The summed E-state index contributed by atoms with van der Waals surface area (Å²) < 4.78 is 14.2. The van der Waals surface area contributed by atoms with Crippen LogP contribution in [0.15, 0.2) is 35.5 Å². The molecule has 0 aromatic carbocycles. The Kier molecular flexibility index (Phi) is 12.4. The predicted octanol–water partition coefficient (Wildman–Crippen LogP) is 12.1. The van der Waals surface area contributed by atoms with E-state index in [9.17, 15) is 5.11 Å². The standard InChI is InChI=1S/C39H72O3Si2/c1-30-32(28-33(41-43(10,11)36(2,3)4)29-35(30)42-44(12,13)37(5,6)7)23-22-31-20-18-26-39(27-19-21-34(31)39)25-17-15-14-16-24-38(8,9)40/h22-23,33-35,40H,1,14-21,24-29H2,2-13H3/b31-22+,32-23-/t33-,34+,35+,39-/m1/s1. The summed E-state index contributed by atoms with van der Waals surface area (Å²) in [4.78, 5) is 0. The van der Waals surface area contributed by atoms with E-state index in [0.717, 1.165) is 31.6 Å². The minimum atomic E-state index is -1.96. The summed E-state index contributed by atoms with van der Waals surface area (Å²) in [6.07, 6.45) is 22.6. The molecular weight excluding hydrogens is 573 g/mol. The van der Waals surface area contributed by atoms with Crippen molar-refractivity contribution in [2.75, 3.05) is 0 Å². The van der Waals surface area contributed by atoms with Gasteiger partial charge in [-0.3, -0.25) is 0 Å². The normalized spacial score (nSPS) is 29.5. The van der Waals surface area contributed by atoms with Crippen molar-refractivity contribution in [3.8, 4) is 0 Å². The molecule has 4 atom stereocenters. The third kappa shape index (κ3) is 9.78. The van der Waals surface area contributed by atoms with Gasteiger partial charge in [0, 0.05) is 6.42 Å². The van der Waals surface area contributed by atoms with Crippen LogP contribution < -0.4 is 0 Å². The molecule has 0 radical (unpaired) electrons. The second kappa shape index (κ2) is 14.3. The number of fused-ring (bicyclic) bond motifs is 1. The summed E-state index contributed by atoms with van der Waals surface area (Å²) in [5.74, 6) is 0.750. The fourth-order valence-electron chi connectivity index (χ4n) is 7.61. The zero-order chi connectivity index (χ0) is 33.2. The number of hydrogen-bond acceptors (Lipinski definition) is 3. The fraction of sp³-hybridized carbons (Fsp3) is 0.846.